The summed E-state index contributed by atoms with van der Waals surface area (Å²) in [7, 11) is 0. The van der Waals surface area contributed by atoms with E-state index in [1.54, 1.807) is 0 Å². The topological polar surface area (TPSA) is 80.3 Å². The van der Waals surface area contributed by atoms with E-state index in [-0.39, 0.29) is 35.0 Å². The Labute approximate surface area is 64.5 Å². The van der Waals surface area contributed by atoms with Crippen LogP contribution in [0.5, 0.6) is 0 Å². The molecule has 1 radical (unpaired) electrons. The van der Waals surface area contributed by atoms with Crippen molar-refractivity contribution in [3.63, 3.8) is 0 Å². The molecule has 0 aliphatic heterocycles. The maximum atomic E-state index is 8.59. The number of hydrogen-bond donors (Lipinski definition) is 0. The zero-order valence-corrected chi connectivity index (χ0v) is 8.23. The third-order valence-corrected chi connectivity index (χ3v) is 0. The van der Waals surface area contributed by atoms with Crippen LogP contribution in [-0.4, -0.2) is 18.0 Å². The van der Waals surface area contributed by atoms with Crippen molar-refractivity contribution in [2.75, 3.05) is 0 Å². The molecule has 0 N–H and O–H groups in total. The molecule has 7 heteroatoms. The summed E-state index contributed by atoms with van der Waals surface area (Å²) in [6, 6.07) is 0. The van der Waals surface area contributed by atoms with Gasteiger partial charge in [-0.05, 0) is 0 Å². The first-order valence-corrected chi connectivity index (χ1v) is 2.75. The molecule has 0 aromatic carbocycles. The van der Waals surface area contributed by atoms with Crippen LogP contribution in [-0.2, 0) is 38.3 Å². The summed E-state index contributed by atoms with van der Waals surface area (Å²) >= 11 is -5.75. The van der Waals surface area contributed by atoms with Crippen molar-refractivity contribution >= 4 is 18.0 Å². The average molecular weight is 257 g/mol. The fourth-order valence-corrected chi connectivity index (χ4v) is 0. The molecular weight excluding hydrogens is 254 g/mol. The molecule has 0 heterocycles. The summed E-state index contributed by atoms with van der Waals surface area (Å²) in [5.41, 5.74) is 0. The van der Waals surface area contributed by atoms with Crippen LogP contribution < -0.4 is 8.32 Å². The molecule has 0 fully saturated rings. The van der Waals surface area contributed by atoms with Gasteiger partial charge in [-0.15, -0.1) is 0 Å². The molecule has 0 aliphatic rings. The molecule has 0 saturated carbocycles. The molecule has 0 amide bonds. The number of rotatable bonds is 0. The summed E-state index contributed by atoms with van der Waals surface area (Å²) < 4.78 is 34.4. The van der Waals surface area contributed by atoms with Gasteiger partial charge >= 0.3 is 64.6 Å². The van der Waals surface area contributed by atoms with Gasteiger partial charge in [0.1, 0.15) is 0 Å². The van der Waals surface area contributed by atoms with E-state index in [9.17, 15) is 0 Å². The molecule has 0 saturated heterocycles. The Morgan fingerprint density at radius 3 is 1.14 bits per heavy atom. The normalized spacial score (nSPS) is 8.29. The average Bonchev–Trinajstić information content (AvgIpc) is 0.722. The van der Waals surface area contributed by atoms with Gasteiger partial charge in [0.25, 0.3) is 0 Å². The van der Waals surface area contributed by atoms with Crippen LogP contribution in [0.2, 0.25) is 0 Å². The summed E-state index contributed by atoms with van der Waals surface area (Å²) in [4.78, 5) is 0. The second-order valence-electron chi connectivity index (χ2n) is 0.408. The van der Waals surface area contributed by atoms with Crippen LogP contribution in [0.3, 0.4) is 0 Å². The van der Waals surface area contributed by atoms with Crippen LogP contribution in [0.1, 0.15) is 0 Å². The Morgan fingerprint density at radius 1 is 1.14 bits per heavy atom. The van der Waals surface area contributed by atoms with E-state index in [0.717, 1.165) is 0 Å². The van der Waals surface area contributed by atoms with Crippen molar-refractivity contribution < 1.29 is 46.6 Å². The maximum absolute atomic E-state index is 8.59. The van der Waals surface area contributed by atoms with Crippen LogP contribution in [0.4, 0.5) is 0 Å². The molecule has 0 bridgehead atoms. The van der Waals surface area contributed by atoms with E-state index >= 15 is 0 Å². The van der Waals surface area contributed by atoms with Gasteiger partial charge in [-0.3, -0.25) is 0 Å². The van der Waals surface area contributed by atoms with Gasteiger partial charge in [0.2, 0.25) is 0 Å². The van der Waals surface area contributed by atoms with E-state index in [1.807, 2.05) is 0 Å². The first-order chi connectivity index (χ1) is 2.00. The Kier molecular flexibility index (Phi) is 11.8. The molecule has 0 spiro atoms. The molecule has 1 unspecified atom stereocenters. The van der Waals surface area contributed by atoms with Crippen molar-refractivity contribution in [2.24, 2.45) is 0 Å². The van der Waals surface area contributed by atoms with Crippen molar-refractivity contribution in [1.82, 2.24) is 0 Å². The molecule has 0 aromatic heterocycles. The van der Waals surface area contributed by atoms with E-state index < -0.39 is 13.6 Å². The van der Waals surface area contributed by atoms with Crippen molar-refractivity contribution in [1.29, 1.82) is 0 Å². The van der Waals surface area contributed by atoms with Crippen molar-refractivity contribution in [3.05, 3.63) is 0 Å². The van der Waals surface area contributed by atoms with Gasteiger partial charge in [0, 0.05) is 0 Å². The summed E-state index contributed by atoms with van der Waals surface area (Å²) in [5, 5.41) is 0. The van der Waals surface area contributed by atoms with Crippen molar-refractivity contribution in [3.8, 4) is 0 Å². The molecule has 1 atom stereocenters. The number of hydrogen-bond acceptors (Lipinski definition) is 4. The van der Waals surface area contributed by atoms with E-state index in [1.165, 1.54) is 0 Å². The van der Waals surface area contributed by atoms with E-state index in [4.69, 9.17) is 15.9 Å². The third kappa shape index (κ3) is 147. The Hall–Kier alpha value is 1.13. The van der Waals surface area contributed by atoms with Gasteiger partial charge in [0.15, 0.2) is 0 Å². The quantitative estimate of drug-likeness (QED) is 0.417. The monoisotopic (exact) mass is 257 g/mol. The molecule has 0 rings (SSSR count). The van der Waals surface area contributed by atoms with Crippen molar-refractivity contribution in [2.45, 2.75) is 0 Å². The minimum absolute atomic E-state index is 0. The van der Waals surface area contributed by atoms with Gasteiger partial charge < -0.3 is 0 Å². The molecule has 4 nitrogen and oxygen atoms in total. The van der Waals surface area contributed by atoms with Gasteiger partial charge in [-0.25, -0.2) is 0 Å². The first kappa shape index (κ1) is 15.7. The summed E-state index contributed by atoms with van der Waals surface area (Å²) in [5.74, 6) is 0. The van der Waals surface area contributed by atoms with Gasteiger partial charge in [-0.1, -0.05) is 0 Å². The van der Waals surface area contributed by atoms with E-state index in [2.05, 4.69) is 0 Å². The summed E-state index contributed by atoms with van der Waals surface area (Å²) in [6.07, 6.45) is 0. The third-order valence-electron chi connectivity index (χ3n) is 0. The first-order valence-electron chi connectivity index (χ1n) is 0.667. The molecule has 0 aromatic rings. The molecule has 7 heavy (non-hydrogen) atoms. The predicted octanol–water partition coefficient (Wildman–Crippen LogP) is -3.80. The van der Waals surface area contributed by atoms with Gasteiger partial charge in [0.05, 0.1) is 0 Å². The molecular formula is H3AsCrCuO4. The Morgan fingerprint density at radius 2 is 1.14 bits per heavy atom. The molecule has 0 aliphatic carbocycles. The van der Waals surface area contributed by atoms with Crippen LogP contribution in [0.25, 0.3) is 0 Å². The zero-order valence-electron chi connectivity index (χ0n) is 3.05. The van der Waals surface area contributed by atoms with Crippen LogP contribution in [0, 0.1) is 0 Å². The second-order valence-corrected chi connectivity index (χ2v) is 1.68. The zero-order chi connectivity index (χ0) is 4.50. The summed E-state index contributed by atoms with van der Waals surface area (Å²) in [6.45, 7) is 0. The van der Waals surface area contributed by atoms with Crippen LogP contribution >= 0.6 is 0 Å². The second kappa shape index (κ2) is 5.27. The van der Waals surface area contributed by atoms with Crippen LogP contribution in [0.15, 0.2) is 0 Å². The Balaban J connectivity index is -0.0000000800. The predicted molar refractivity (Wildman–Crippen MR) is 11.3 cm³/mol. The minimum atomic E-state index is -5.75. The fourth-order valence-electron chi connectivity index (χ4n) is 0. The molecule has 49 valence electrons. The fraction of sp³-hybridized carbons (Fsp3) is 0. The van der Waals surface area contributed by atoms with Gasteiger partial charge in [-0.2, -0.15) is 0 Å². The standard InChI is InChI=1S/AsH3.Cr.Cu.4O/h1H3;;;;;;/q;;+2;;;2*-1. The Bertz CT molecular complexity index is 94.9. The van der Waals surface area contributed by atoms with E-state index in [0.29, 0.717) is 0 Å². The SMILES string of the molecule is [AsH3].[Cu+2].[O]=[Cr](=[O])([O-])[O-].